The van der Waals surface area contributed by atoms with Crippen LogP contribution in [0.1, 0.15) is 67.0 Å². The fraction of sp³-hybridized carbons (Fsp3) is 0.565. The molecule has 1 N–H and O–H groups in total. The number of carboxylic acid groups (broad SMARTS) is 1. The summed E-state index contributed by atoms with van der Waals surface area (Å²) in [6.45, 7) is 9.28. The number of aliphatic carboxylic acids is 1. The first-order valence-corrected chi connectivity index (χ1v) is 11.9. The van der Waals surface area contributed by atoms with E-state index < -0.39 is 29.5 Å². The van der Waals surface area contributed by atoms with Gasteiger partial charge in [0.1, 0.15) is 5.01 Å². The maximum Gasteiger partial charge on any atom is 0.416 e. The molecule has 0 aliphatic carbocycles. The Morgan fingerprint density at radius 1 is 1.24 bits per heavy atom. The van der Waals surface area contributed by atoms with E-state index in [1.165, 1.54) is 17.4 Å². The Kier molecular flexibility index (Phi) is 7.66. The Bertz CT molecular complexity index is 1130. The van der Waals surface area contributed by atoms with Gasteiger partial charge in [-0.2, -0.15) is 23.3 Å². The lowest BCUT2D eigenvalue weighted by molar-refractivity contribution is -0.147. The van der Waals surface area contributed by atoms with Crippen molar-refractivity contribution in [2.45, 2.75) is 65.2 Å². The highest BCUT2D eigenvalue weighted by Gasteiger charge is 2.35. The highest BCUT2D eigenvalue weighted by molar-refractivity contribution is 7.09. The molecule has 1 fully saturated rings. The zero-order valence-electron chi connectivity index (χ0n) is 19.6. The first kappa shape index (κ1) is 26.1. The molecule has 0 saturated carbocycles. The van der Waals surface area contributed by atoms with Crippen molar-refractivity contribution in [3.8, 4) is 0 Å². The van der Waals surface area contributed by atoms with E-state index in [2.05, 4.69) is 10.1 Å². The van der Waals surface area contributed by atoms with Gasteiger partial charge >= 0.3 is 12.1 Å². The van der Waals surface area contributed by atoms with Crippen LogP contribution in [0.5, 0.6) is 0 Å². The van der Waals surface area contributed by atoms with Crippen LogP contribution >= 0.6 is 11.3 Å². The molecule has 1 amide bonds. The zero-order valence-corrected chi connectivity index (χ0v) is 20.5. The highest BCUT2D eigenvalue weighted by atomic mass is 32.1. The van der Waals surface area contributed by atoms with Gasteiger partial charge in [0, 0.05) is 37.2 Å². The molecule has 0 spiro atoms. The molecule has 1 aliphatic heterocycles. The van der Waals surface area contributed by atoms with Crippen LogP contribution in [0.4, 0.5) is 13.2 Å². The molecule has 1 aromatic carbocycles. The third-order valence-electron chi connectivity index (χ3n) is 5.55. The lowest BCUT2D eigenvalue weighted by atomic mass is 9.97. The molecule has 0 unspecified atom stereocenters. The van der Waals surface area contributed by atoms with Crippen molar-refractivity contribution in [1.29, 1.82) is 0 Å². The fourth-order valence-corrected chi connectivity index (χ4v) is 4.47. The predicted molar refractivity (Wildman–Crippen MR) is 121 cm³/mol. The molecule has 34 heavy (non-hydrogen) atoms. The topological polar surface area (TPSA) is 87.8 Å². The van der Waals surface area contributed by atoms with Crippen molar-refractivity contribution in [2.75, 3.05) is 13.1 Å². The second-order valence-electron chi connectivity index (χ2n) is 9.53. The average Bonchev–Trinajstić information content (AvgIpc) is 3.10. The molecule has 186 valence electrons. The molecule has 7 nitrogen and oxygen atoms in total. The quantitative estimate of drug-likeness (QED) is 0.614. The minimum Gasteiger partial charge on any atom is -0.481 e. The normalized spacial score (nSPS) is 16.0. The third kappa shape index (κ3) is 6.12. The van der Waals surface area contributed by atoms with Crippen molar-refractivity contribution < 1.29 is 27.9 Å². The van der Waals surface area contributed by atoms with Crippen LogP contribution in [-0.4, -0.2) is 44.8 Å². The van der Waals surface area contributed by atoms with Gasteiger partial charge in [-0.1, -0.05) is 51.5 Å². The van der Waals surface area contributed by atoms with Gasteiger partial charge in [0.25, 0.3) is 5.91 Å². The molecule has 2 heterocycles. The summed E-state index contributed by atoms with van der Waals surface area (Å²) in [5, 5.41) is 14.4. The van der Waals surface area contributed by atoms with Gasteiger partial charge in [-0.3, -0.25) is 14.5 Å². The molecule has 1 aliphatic rings. The predicted octanol–water partition coefficient (Wildman–Crippen LogP) is 4.32. The van der Waals surface area contributed by atoms with Crippen LogP contribution in [-0.2, 0) is 29.5 Å². The summed E-state index contributed by atoms with van der Waals surface area (Å²) in [5.41, 5.74) is -0.956. The molecule has 0 radical (unpaired) electrons. The number of carboxylic acids is 1. The van der Waals surface area contributed by atoms with E-state index in [-0.39, 0.29) is 30.6 Å². The highest BCUT2D eigenvalue weighted by Crippen LogP contribution is 2.32. The number of benzene rings is 1. The number of nitrogens with zero attached hydrogens (tertiary/aromatic N) is 4. The maximum absolute atomic E-state index is 13.4. The number of aromatic nitrogens is 2. The van der Waals surface area contributed by atoms with Crippen LogP contribution in [0.3, 0.4) is 0 Å². The van der Waals surface area contributed by atoms with Crippen molar-refractivity contribution in [1.82, 2.24) is 14.7 Å². The van der Waals surface area contributed by atoms with Gasteiger partial charge in [0.2, 0.25) is 4.80 Å². The van der Waals surface area contributed by atoms with E-state index in [0.29, 0.717) is 16.9 Å². The van der Waals surface area contributed by atoms with Crippen molar-refractivity contribution in [3.63, 3.8) is 0 Å². The smallest absolute Gasteiger partial charge is 0.416 e. The van der Waals surface area contributed by atoms with E-state index in [9.17, 15) is 22.8 Å². The number of alkyl halides is 3. The maximum atomic E-state index is 13.4. The van der Waals surface area contributed by atoms with Crippen LogP contribution in [0.15, 0.2) is 23.2 Å². The molecular formula is C23H29F3N4O3S. The van der Waals surface area contributed by atoms with Crippen LogP contribution in [0.25, 0.3) is 0 Å². The summed E-state index contributed by atoms with van der Waals surface area (Å²) >= 11 is 1.26. The average molecular weight is 499 g/mol. The molecule has 2 aromatic rings. The van der Waals surface area contributed by atoms with Crippen molar-refractivity contribution >= 4 is 23.2 Å². The largest absolute Gasteiger partial charge is 0.481 e. The minimum atomic E-state index is -4.61. The number of carbonyl (C=O) groups excluding carboxylic acids is 1. The number of carbonyl (C=O) groups is 2. The van der Waals surface area contributed by atoms with E-state index in [1.54, 1.807) is 9.58 Å². The Morgan fingerprint density at radius 3 is 2.47 bits per heavy atom. The van der Waals surface area contributed by atoms with Crippen LogP contribution in [0.2, 0.25) is 0 Å². The molecule has 11 heteroatoms. The number of unbranched alkanes of at least 4 members (excludes halogenated alkanes) is 1. The minimum absolute atomic E-state index is 0.138. The van der Waals surface area contributed by atoms with Crippen molar-refractivity contribution in [3.05, 3.63) is 44.7 Å². The van der Waals surface area contributed by atoms with Gasteiger partial charge in [-0.15, -0.1) is 0 Å². The monoisotopic (exact) mass is 498 g/mol. The molecule has 1 saturated heterocycles. The molecule has 1 aromatic heterocycles. The van der Waals surface area contributed by atoms with Crippen LogP contribution < -0.4 is 4.80 Å². The van der Waals surface area contributed by atoms with Gasteiger partial charge in [-0.25, -0.2) is 4.68 Å². The second-order valence-corrected chi connectivity index (χ2v) is 10.5. The van der Waals surface area contributed by atoms with Gasteiger partial charge in [0.05, 0.1) is 11.5 Å². The first-order valence-electron chi connectivity index (χ1n) is 11.1. The standard InChI is InChI=1S/C23H29F3N4O3S/c1-5-6-9-30-21(34-20(28-30)22(2,3)4)27-18(31)17-10-16(23(24,25)26)8-7-14(17)11-29-12-15(13-29)19(32)33/h7-8,10,15H,5-6,9,11-13H2,1-4H3,(H,32,33). The summed E-state index contributed by atoms with van der Waals surface area (Å²) in [6.07, 6.45) is -2.87. The fourth-order valence-electron chi connectivity index (χ4n) is 3.48. The number of halogens is 3. The summed E-state index contributed by atoms with van der Waals surface area (Å²) in [4.78, 5) is 30.6. The Labute approximate surface area is 199 Å². The summed E-state index contributed by atoms with van der Waals surface area (Å²) in [6, 6.07) is 3.04. The lowest BCUT2D eigenvalue weighted by Crippen LogP contribution is -2.49. The number of rotatable bonds is 7. The molecular weight excluding hydrogens is 469 g/mol. The summed E-state index contributed by atoms with van der Waals surface area (Å²) in [5.74, 6) is -2.19. The van der Waals surface area contributed by atoms with Gasteiger partial charge < -0.3 is 5.11 Å². The summed E-state index contributed by atoms with van der Waals surface area (Å²) in [7, 11) is 0. The Balaban J connectivity index is 2.00. The lowest BCUT2D eigenvalue weighted by Gasteiger charge is -2.36. The number of aryl methyl sites for hydroxylation is 1. The van der Waals surface area contributed by atoms with Crippen LogP contribution in [0, 0.1) is 5.92 Å². The van der Waals surface area contributed by atoms with Gasteiger partial charge in [0.15, 0.2) is 0 Å². The number of hydrogen-bond donors (Lipinski definition) is 1. The summed E-state index contributed by atoms with van der Waals surface area (Å²) < 4.78 is 41.8. The number of hydrogen-bond acceptors (Lipinski definition) is 5. The second kappa shape index (κ2) is 9.99. The number of likely N-dealkylation sites (tertiary alicyclic amines) is 1. The van der Waals surface area contributed by atoms with Crippen molar-refractivity contribution in [2.24, 2.45) is 10.9 Å². The van der Waals surface area contributed by atoms with Gasteiger partial charge in [-0.05, 0) is 24.1 Å². The number of amides is 1. The van der Waals surface area contributed by atoms with E-state index in [1.807, 2.05) is 27.7 Å². The SMILES string of the molecule is CCCCn1nc(C(C)(C)C)sc1=NC(=O)c1cc(C(F)(F)F)ccc1CN1CC(C(=O)O)C1. The van der Waals surface area contributed by atoms with E-state index in [4.69, 9.17) is 5.11 Å². The first-order chi connectivity index (χ1) is 15.8. The Hall–Kier alpha value is -2.53. The van der Waals surface area contributed by atoms with E-state index >= 15 is 0 Å². The third-order valence-corrected chi connectivity index (χ3v) is 6.92. The molecule has 0 bridgehead atoms. The zero-order chi connectivity index (χ0) is 25.3. The molecule has 3 rings (SSSR count). The molecule has 0 atom stereocenters. The van der Waals surface area contributed by atoms with E-state index in [0.717, 1.165) is 30.0 Å². The Morgan fingerprint density at radius 2 is 1.91 bits per heavy atom.